The molecule has 0 atom stereocenters. The number of ether oxygens (including phenoxy) is 4. The molecular weight excluding hydrogens is 536 g/mol. The van der Waals surface area contributed by atoms with Crippen molar-refractivity contribution >= 4 is 17.3 Å². The van der Waals surface area contributed by atoms with Gasteiger partial charge in [-0.05, 0) is 53.9 Å². The second-order valence-electron chi connectivity index (χ2n) is 9.90. The summed E-state index contributed by atoms with van der Waals surface area (Å²) in [4.78, 5) is 15.5. The Balaban J connectivity index is 1.16. The lowest BCUT2D eigenvalue weighted by Gasteiger charge is -2.29. The molecule has 11 heteroatoms. The van der Waals surface area contributed by atoms with E-state index in [1.54, 1.807) is 52.7 Å². The van der Waals surface area contributed by atoms with E-state index in [-0.39, 0.29) is 5.91 Å². The number of carbonyl (C=O) groups is 1. The minimum Gasteiger partial charge on any atom is -0.493 e. The molecule has 1 amide bonds. The molecule has 0 aliphatic carbocycles. The summed E-state index contributed by atoms with van der Waals surface area (Å²) < 4.78 is 23.4. The van der Waals surface area contributed by atoms with E-state index in [2.05, 4.69) is 38.0 Å². The molecular formula is C31H36N6O5. The van der Waals surface area contributed by atoms with Crippen molar-refractivity contribution in [1.29, 1.82) is 0 Å². The van der Waals surface area contributed by atoms with Crippen LogP contribution in [0.5, 0.6) is 23.0 Å². The summed E-state index contributed by atoms with van der Waals surface area (Å²) >= 11 is 0. The highest BCUT2D eigenvalue weighted by Gasteiger charge is 2.20. The summed E-state index contributed by atoms with van der Waals surface area (Å²) in [6, 6.07) is 16.8. The maximum absolute atomic E-state index is 13.1. The zero-order chi connectivity index (χ0) is 29.5. The van der Waals surface area contributed by atoms with Gasteiger partial charge in [-0.3, -0.25) is 14.4 Å². The maximum Gasteiger partial charge on any atom is 0.257 e. The minimum atomic E-state index is -0.242. The van der Waals surface area contributed by atoms with Gasteiger partial charge < -0.3 is 29.6 Å². The molecule has 42 heavy (non-hydrogen) atoms. The van der Waals surface area contributed by atoms with E-state index in [1.165, 1.54) is 11.1 Å². The lowest BCUT2D eigenvalue weighted by molar-refractivity contribution is 0.102. The fourth-order valence-corrected chi connectivity index (χ4v) is 5.04. The van der Waals surface area contributed by atoms with Gasteiger partial charge in [-0.1, -0.05) is 17.3 Å². The van der Waals surface area contributed by atoms with E-state index < -0.39 is 0 Å². The molecule has 2 N–H and O–H groups in total. The normalized spacial score (nSPS) is 12.8. The monoisotopic (exact) mass is 572 g/mol. The first-order valence-corrected chi connectivity index (χ1v) is 13.7. The maximum atomic E-state index is 13.1. The van der Waals surface area contributed by atoms with Crippen LogP contribution in [0.2, 0.25) is 0 Å². The average molecular weight is 573 g/mol. The van der Waals surface area contributed by atoms with Crippen LogP contribution in [0.25, 0.3) is 0 Å². The number of rotatable bonds is 12. The molecule has 0 unspecified atom stereocenters. The molecule has 220 valence electrons. The summed E-state index contributed by atoms with van der Waals surface area (Å²) in [5.74, 6) is 2.42. The Morgan fingerprint density at radius 3 is 2.33 bits per heavy atom. The van der Waals surface area contributed by atoms with Crippen molar-refractivity contribution in [3.05, 3.63) is 83.2 Å². The summed E-state index contributed by atoms with van der Waals surface area (Å²) in [7, 11) is 6.45. The van der Waals surface area contributed by atoms with Crippen molar-refractivity contribution in [2.75, 3.05) is 52.2 Å². The Morgan fingerprint density at radius 2 is 1.57 bits per heavy atom. The molecule has 3 aromatic carbocycles. The Kier molecular flexibility index (Phi) is 9.08. The van der Waals surface area contributed by atoms with Crippen molar-refractivity contribution in [2.24, 2.45) is 0 Å². The van der Waals surface area contributed by atoms with Gasteiger partial charge in [0.05, 0.1) is 53.3 Å². The first-order chi connectivity index (χ1) is 20.5. The van der Waals surface area contributed by atoms with Crippen LogP contribution in [0.4, 0.5) is 11.4 Å². The third-order valence-corrected chi connectivity index (χ3v) is 7.30. The standard InChI is InChI=1S/C31H36N6O5/c1-39-27-10-9-23(17-30(27)42-4)33-31(38)25-7-5-6-8-26(25)32-18-24-20-37(35-34-24)14-13-36-12-11-21-15-28(40-2)29(41-3)16-22(21)19-36/h5-10,15-17,20,32H,11-14,18-19H2,1-4H3,(H,33,38). The topological polar surface area (TPSA) is 112 Å². The number of fused-ring (bicyclic) bond motifs is 1. The predicted octanol–water partition coefficient (Wildman–Crippen LogP) is 4.24. The number of benzene rings is 3. The molecule has 5 rings (SSSR count). The number of hydrogen-bond donors (Lipinski definition) is 2. The van der Waals surface area contributed by atoms with E-state index in [0.29, 0.717) is 35.0 Å². The molecule has 0 saturated heterocycles. The van der Waals surface area contributed by atoms with Crippen LogP contribution >= 0.6 is 0 Å². The number of amides is 1. The van der Waals surface area contributed by atoms with E-state index in [4.69, 9.17) is 18.9 Å². The molecule has 1 aliphatic heterocycles. The highest BCUT2D eigenvalue weighted by atomic mass is 16.5. The Labute approximate surface area is 245 Å². The number of carbonyl (C=O) groups excluding carboxylic acids is 1. The molecule has 1 aromatic heterocycles. The molecule has 0 saturated carbocycles. The summed E-state index contributed by atoms with van der Waals surface area (Å²) in [5, 5.41) is 14.9. The van der Waals surface area contributed by atoms with E-state index in [1.807, 2.05) is 29.1 Å². The van der Waals surface area contributed by atoms with Crippen molar-refractivity contribution < 1.29 is 23.7 Å². The van der Waals surface area contributed by atoms with Gasteiger partial charge in [-0.25, -0.2) is 0 Å². The van der Waals surface area contributed by atoms with Crippen molar-refractivity contribution in [1.82, 2.24) is 19.9 Å². The second-order valence-corrected chi connectivity index (χ2v) is 9.90. The quantitative estimate of drug-likeness (QED) is 0.258. The second kappa shape index (κ2) is 13.3. The van der Waals surface area contributed by atoms with Crippen molar-refractivity contribution in [3.8, 4) is 23.0 Å². The third kappa shape index (κ3) is 6.58. The van der Waals surface area contributed by atoms with Gasteiger partial charge in [-0.2, -0.15) is 0 Å². The van der Waals surface area contributed by atoms with Gasteiger partial charge in [0.25, 0.3) is 5.91 Å². The molecule has 1 aliphatic rings. The zero-order valence-corrected chi connectivity index (χ0v) is 24.3. The third-order valence-electron chi connectivity index (χ3n) is 7.30. The van der Waals surface area contributed by atoms with Crippen molar-refractivity contribution in [3.63, 3.8) is 0 Å². The van der Waals surface area contributed by atoms with Gasteiger partial charge in [0.1, 0.15) is 5.69 Å². The highest BCUT2D eigenvalue weighted by Crippen LogP contribution is 2.33. The Morgan fingerprint density at radius 1 is 0.857 bits per heavy atom. The average Bonchev–Trinajstić information content (AvgIpc) is 3.49. The van der Waals surface area contributed by atoms with Crippen LogP contribution in [0.15, 0.2) is 60.8 Å². The lowest BCUT2D eigenvalue weighted by Crippen LogP contribution is -2.33. The van der Waals surface area contributed by atoms with Crippen LogP contribution < -0.4 is 29.6 Å². The molecule has 0 spiro atoms. The zero-order valence-electron chi connectivity index (χ0n) is 24.3. The summed E-state index contributed by atoms with van der Waals surface area (Å²) in [6.45, 7) is 3.82. The van der Waals surface area contributed by atoms with Crippen LogP contribution in [0.3, 0.4) is 0 Å². The summed E-state index contributed by atoms with van der Waals surface area (Å²) in [6.07, 6.45) is 2.90. The lowest BCUT2D eigenvalue weighted by atomic mass is 9.99. The van der Waals surface area contributed by atoms with E-state index in [9.17, 15) is 4.79 Å². The summed E-state index contributed by atoms with van der Waals surface area (Å²) in [5.41, 5.74) is 5.16. The van der Waals surface area contributed by atoms with Gasteiger partial charge in [0.2, 0.25) is 0 Å². The Bertz CT molecular complexity index is 1540. The van der Waals surface area contributed by atoms with Crippen LogP contribution in [0.1, 0.15) is 27.2 Å². The highest BCUT2D eigenvalue weighted by molar-refractivity contribution is 6.08. The molecule has 0 bridgehead atoms. The molecule has 2 heterocycles. The van der Waals surface area contributed by atoms with Crippen LogP contribution in [-0.4, -0.2) is 67.3 Å². The first-order valence-electron chi connectivity index (χ1n) is 13.7. The molecule has 4 aromatic rings. The number of nitrogens with zero attached hydrogens (tertiary/aromatic N) is 4. The smallest absolute Gasteiger partial charge is 0.257 e. The number of aromatic nitrogens is 3. The van der Waals surface area contributed by atoms with Gasteiger partial charge in [0, 0.05) is 37.1 Å². The Hall–Kier alpha value is -4.77. The van der Waals surface area contributed by atoms with Gasteiger partial charge in [0.15, 0.2) is 23.0 Å². The van der Waals surface area contributed by atoms with Crippen LogP contribution in [-0.2, 0) is 26.1 Å². The largest absolute Gasteiger partial charge is 0.493 e. The molecule has 11 nitrogen and oxygen atoms in total. The molecule has 0 radical (unpaired) electrons. The number of hydrogen-bond acceptors (Lipinski definition) is 9. The first kappa shape index (κ1) is 28.7. The van der Waals surface area contributed by atoms with E-state index in [0.717, 1.165) is 49.8 Å². The number of anilines is 2. The van der Waals surface area contributed by atoms with Crippen LogP contribution in [0, 0.1) is 0 Å². The molecule has 0 fully saturated rings. The SMILES string of the molecule is COc1ccc(NC(=O)c2ccccc2NCc2cn(CCN3CCc4cc(OC)c(OC)cc4C3)nn2)cc1OC. The van der Waals surface area contributed by atoms with Gasteiger partial charge in [-0.15, -0.1) is 5.10 Å². The number of para-hydroxylation sites is 1. The number of nitrogens with one attached hydrogen (secondary N) is 2. The predicted molar refractivity (Wildman–Crippen MR) is 160 cm³/mol. The van der Waals surface area contributed by atoms with Crippen molar-refractivity contribution in [2.45, 2.75) is 26.1 Å². The minimum absolute atomic E-state index is 0.242. The number of methoxy groups -OCH3 is 4. The fraction of sp³-hybridized carbons (Fsp3) is 0.323. The van der Waals surface area contributed by atoms with E-state index >= 15 is 0 Å². The van der Waals surface area contributed by atoms with Gasteiger partial charge >= 0.3 is 0 Å². The fourth-order valence-electron chi connectivity index (χ4n) is 5.04.